The lowest BCUT2D eigenvalue weighted by atomic mass is 10.3. The van der Waals surface area contributed by atoms with Crippen LogP contribution in [0.15, 0.2) is 0 Å². The van der Waals surface area contributed by atoms with E-state index in [0.717, 1.165) is 12.2 Å². The quantitative estimate of drug-likeness (QED) is 0.704. The van der Waals surface area contributed by atoms with Gasteiger partial charge in [0.25, 0.3) is 0 Å². The highest BCUT2D eigenvalue weighted by molar-refractivity contribution is 8.57. The van der Waals surface area contributed by atoms with E-state index in [1.54, 1.807) is 0 Å². The highest BCUT2D eigenvalue weighted by Crippen LogP contribution is 2.54. The van der Waals surface area contributed by atoms with Crippen LogP contribution in [0.2, 0.25) is 0 Å². The maximum Gasteiger partial charge on any atom is 0.225 e. The molecule has 0 rings (SSSR count). The van der Waals surface area contributed by atoms with Crippen LogP contribution in [-0.4, -0.2) is 17.8 Å². The van der Waals surface area contributed by atoms with Gasteiger partial charge in [0.05, 0.1) is 0 Å². The maximum atomic E-state index is 11.9. The van der Waals surface area contributed by atoms with Crippen molar-refractivity contribution in [2.45, 2.75) is 33.6 Å². The number of rotatable bonds is 6. The number of hydrogen-bond donors (Lipinski definition) is 1. The molecule has 13 heavy (non-hydrogen) atoms. The van der Waals surface area contributed by atoms with E-state index in [2.05, 4.69) is 5.09 Å². The Kier molecular flexibility index (Phi) is 6.52. The summed E-state index contributed by atoms with van der Waals surface area (Å²) in [6.07, 6.45) is 1.79. The van der Waals surface area contributed by atoms with Crippen molar-refractivity contribution in [1.82, 2.24) is 5.09 Å². The number of nitrogens with one attached hydrogen (secondary N) is 1. The molecule has 0 aromatic rings. The molecule has 3 nitrogen and oxygen atoms in total. The van der Waals surface area contributed by atoms with Gasteiger partial charge in [-0.2, -0.15) is 0 Å². The SMILES string of the molecule is CCCC(=O)NP(=O)(CC)SCC. The van der Waals surface area contributed by atoms with Crippen LogP contribution in [0.1, 0.15) is 33.6 Å². The summed E-state index contributed by atoms with van der Waals surface area (Å²) in [5.74, 6) is 0.686. The first kappa shape index (κ1) is 13.1. The smallest absolute Gasteiger partial charge is 0.225 e. The number of carbonyl (C=O) groups excluding carboxylic acids is 1. The number of amides is 1. The van der Waals surface area contributed by atoms with Gasteiger partial charge in [-0.3, -0.25) is 14.4 Å². The van der Waals surface area contributed by atoms with Gasteiger partial charge in [0.1, 0.15) is 0 Å². The molecule has 0 aliphatic rings. The van der Waals surface area contributed by atoms with Gasteiger partial charge < -0.3 is 0 Å². The fourth-order valence-electron chi connectivity index (χ4n) is 0.884. The van der Waals surface area contributed by atoms with E-state index in [4.69, 9.17) is 0 Å². The van der Waals surface area contributed by atoms with E-state index in [-0.39, 0.29) is 5.91 Å². The van der Waals surface area contributed by atoms with Gasteiger partial charge in [-0.1, -0.05) is 32.2 Å². The molecule has 0 aliphatic heterocycles. The zero-order valence-corrected chi connectivity index (χ0v) is 10.2. The molecular formula is C8H18NO2PS. The summed E-state index contributed by atoms with van der Waals surface area (Å²) in [5.41, 5.74) is 0. The van der Waals surface area contributed by atoms with Crippen LogP contribution in [0.5, 0.6) is 0 Å². The molecular weight excluding hydrogens is 205 g/mol. The van der Waals surface area contributed by atoms with Crippen molar-refractivity contribution in [3.63, 3.8) is 0 Å². The third-order valence-electron chi connectivity index (χ3n) is 1.53. The Labute approximate surface area is 84.2 Å². The Balaban J connectivity index is 4.10. The predicted octanol–water partition coefficient (Wildman–Crippen LogP) is 2.87. The minimum absolute atomic E-state index is 0.0892. The molecule has 5 heteroatoms. The van der Waals surface area contributed by atoms with Gasteiger partial charge in [-0.25, -0.2) is 0 Å². The summed E-state index contributed by atoms with van der Waals surface area (Å²) in [7, 11) is 0. The van der Waals surface area contributed by atoms with Gasteiger partial charge in [0.15, 0.2) is 0 Å². The minimum atomic E-state index is -2.47. The van der Waals surface area contributed by atoms with Crippen LogP contribution >= 0.6 is 17.9 Å². The third-order valence-corrected chi connectivity index (χ3v) is 6.70. The van der Waals surface area contributed by atoms with E-state index in [9.17, 15) is 9.36 Å². The Morgan fingerprint density at radius 1 is 1.38 bits per heavy atom. The average Bonchev–Trinajstić information content (AvgIpc) is 2.05. The Bertz CT molecular complexity index is 208. The van der Waals surface area contributed by atoms with Crippen LogP contribution in [-0.2, 0) is 9.36 Å². The summed E-state index contributed by atoms with van der Waals surface area (Å²) >= 11 is 1.36. The van der Waals surface area contributed by atoms with Crippen molar-refractivity contribution in [1.29, 1.82) is 0 Å². The third kappa shape index (κ3) is 5.37. The van der Waals surface area contributed by atoms with E-state index in [1.165, 1.54) is 11.4 Å². The topological polar surface area (TPSA) is 46.2 Å². The molecule has 0 spiro atoms. The number of carbonyl (C=O) groups is 1. The molecule has 0 aliphatic carbocycles. The largest absolute Gasteiger partial charge is 0.299 e. The average molecular weight is 223 g/mol. The van der Waals surface area contributed by atoms with Crippen LogP contribution in [0.4, 0.5) is 0 Å². The Morgan fingerprint density at radius 3 is 2.38 bits per heavy atom. The van der Waals surface area contributed by atoms with Crippen LogP contribution < -0.4 is 5.09 Å². The molecule has 78 valence electrons. The number of hydrogen-bond acceptors (Lipinski definition) is 3. The first-order valence-corrected chi connectivity index (χ1v) is 8.11. The van der Waals surface area contributed by atoms with Crippen molar-refractivity contribution < 1.29 is 9.36 Å². The maximum absolute atomic E-state index is 11.9. The van der Waals surface area contributed by atoms with Gasteiger partial charge in [-0.05, 0) is 12.2 Å². The van der Waals surface area contributed by atoms with Gasteiger partial charge >= 0.3 is 0 Å². The molecule has 0 saturated heterocycles. The summed E-state index contributed by atoms with van der Waals surface area (Å²) in [5, 5.41) is 2.62. The first-order valence-electron chi connectivity index (χ1n) is 4.62. The lowest BCUT2D eigenvalue weighted by Gasteiger charge is -2.15. The highest BCUT2D eigenvalue weighted by Gasteiger charge is 2.21. The van der Waals surface area contributed by atoms with Crippen molar-refractivity contribution >= 4 is 23.8 Å². The van der Waals surface area contributed by atoms with E-state index in [0.29, 0.717) is 12.6 Å². The molecule has 0 aromatic carbocycles. The van der Waals surface area contributed by atoms with Crippen LogP contribution in [0.25, 0.3) is 0 Å². The molecule has 1 amide bonds. The van der Waals surface area contributed by atoms with E-state index < -0.39 is 6.49 Å². The monoisotopic (exact) mass is 223 g/mol. The molecule has 0 aromatic heterocycles. The molecule has 1 N–H and O–H groups in total. The second-order valence-electron chi connectivity index (χ2n) is 2.69. The highest BCUT2D eigenvalue weighted by atomic mass is 32.7. The summed E-state index contributed by atoms with van der Waals surface area (Å²) in [6.45, 7) is 3.25. The molecule has 1 atom stereocenters. The van der Waals surface area contributed by atoms with Gasteiger partial charge in [0.2, 0.25) is 12.4 Å². The Hall–Kier alpha value is 0.0500. The van der Waals surface area contributed by atoms with Crippen LogP contribution in [0, 0.1) is 0 Å². The summed E-state index contributed by atoms with van der Waals surface area (Å²) in [4.78, 5) is 11.2. The van der Waals surface area contributed by atoms with E-state index >= 15 is 0 Å². The van der Waals surface area contributed by atoms with Gasteiger partial charge in [-0.15, -0.1) is 0 Å². The minimum Gasteiger partial charge on any atom is -0.299 e. The Morgan fingerprint density at radius 2 is 2.00 bits per heavy atom. The second kappa shape index (κ2) is 6.50. The predicted molar refractivity (Wildman–Crippen MR) is 59.3 cm³/mol. The van der Waals surface area contributed by atoms with Gasteiger partial charge in [0, 0.05) is 12.6 Å². The van der Waals surface area contributed by atoms with E-state index in [1.807, 2.05) is 20.8 Å². The molecule has 0 saturated carbocycles. The fourth-order valence-corrected chi connectivity index (χ4v) is 4.50. The van der Waals surface area contributed by atoms with Crippen molar-refractivity contribution in [2.24, 2.45) is 0 Å². The van der Waals surface area contributed by atoms with Crippen molar-refractivity contribution in [3.05, 3.63) is 0 Å². The molecule has 0 radical (unpaired) electrons. The normalized spacial score (nSPS) is 15.0. The molecule has 0 bridgehead atoms. The summed E-state index contributed by atoms with van der Waals surface area (Å²) < 4.78 is 11.9. The van der Waals surface area contributed by atoms with Crippen molar-refractivity contribution in [2.75, 3.05) is 11.9 Å². The zero-order valence-electron chi connectivity index (χ0n) is 8.50. The molecule has 0 heterocycles. The standard InChI is InChI=1S/C8H18NO2PS/c1-4-7-8(10)9-12(11,5-2)13-6-3/h4-7H2,1-3H3,(H,9,10,11). The lowest BCUT2D eigenvalue weighted by molar-refractivity contribution is -0.119. The zero-order chi connectivity index (χ0) is 10.3. The van der Waals surface area contributed by atoms with Crippen molar-refractivity contribution in [3.8, 4) is 0 Å². The lowest BCUT2D eigenvalue weighted by Crippen LogP contribution is -2.19. The molecule has 0 fully saturated rings. The van der Waals surface area contributed by atoms with Crippen LogP contribution in [0.3, 0.4) is 0 Å². The summed E-state index contributed by atoms with van der Waals surface area (Å²) in [6, 6.07) is 0. The molecule has 1 unspecified atom stereocenters. The fraction of sp³-hybridized carbons (Fsp3) is 0.875. The first-order chi connectivity index (χ1) is 6.08. The second-order valence-corrected chi connectivity index (χ2v) is 8.27.